The molecule has 1 unspecified atom stereocenters. The number of rotatable bonds is 6. The van der Waals surface area contributed by atoms with E-state index in [1.54, 1.807) is 12.1 Å². The second-order valence-corrected chi connectivity index (χ2v) is 5.92. The lowest BCUT2D eigenvalue weighted by Gasteiger charge is -2.19. The fourth-order valence-corrected chi connectivity index (χ4v) is 2.81. The second kappa shape index (κ2) is 7.92. The van der Waals surface area contributed by atoms with Gasteiger partial charge in [0.25, 0.3) is 5.91 Å². The number of ether oxygens (including phenoxy) is 1. The fraction of sp³-hybridized carbons (Fsp3) is 0.235. The van der Waals surface area contributed by atoms with E-state index in [-0.39, 0.29) is 12.1 Å². The maximum Gasteiger partial charge on any atom is 0.305 e. The molecule has 1 atom stereocenters. The number of carbonyl (C=O) groups is 2. The molecule has 1 amide bonds. The first-order valence-electron chi connectivity index (χ1n) is 7.21. The van der Waals surface area contributed by atoms with Crippen LogP contribution in [0.2, 0.25) is 0 Å². The van der Waals surface area contributed by atoms with Crippen molar-refractivity contribution in [2.45, 2.75) is 19.4 Å². The quantitative estimate of drug-likeness (QED) is 0.737. The predicted octanol–water partition coefficient (Wildman–Crippen LogP) is 3.11. The van der Waals surface area contributed by atoms with Crippen LogP contribution in [-0.2, 0) is 4.79 Å². The van der Waals surface area contributed by atoms with Crippen LogP contribution in [-0.4, -0.2) is 29.1 Å². The molecule has 24 heavy (non-hydrogen) atoms. The normalized spacial score (nSPS) is 11.6. The summed E-state index contributed by atoms with van der Waals surface area (Å²) in [4.78, 5) is 27.7. The smallest absolute Gasteiger partial charge is 0.305 e. The number of carboxylic acids is 1. The zero-order valence-electron chi connectivity index (χ0n) is 13.2. The molecule has 7 heteroatoms. The van der Waals surface area contributed by atoms with Gasteiger partial charge in [-0.25, -0.2) is 4.98 Å². The number of methoxy groups -OCH3 is 1. The van der Waals surface area contributed by atoms with Gasteiger partial charge in [-0.3, -0.25) is 9.59 Å². The number of benzene rings is 1. The molecule has 6 nitrogen and oxygen atoms in total. The number of amides is 1. The number of carboxylic acid groups (broad SMARTS) is 1. The van der Waals surface area contributed by atoms with Crippen molar-refractivity contribution in [3.05, 3.63) is 57.8 Å². The topological polar surface area (TPSA) is 88.5 Å². The maximum absolute atomic E-state index is 12.4. The summed E-state index contributed by atoms with van der Waals surface area (Å²) in [6.45, 7) is 1.87. The Morgan fingerprint density at radius 2 is 2.00 bits per heavy atom. The van der Waals surface area contributed by atoms with E-state index in [1.807, 2.05) is 25.1 Å². The zero-order chi connectivity index (χ0) is 17.7. The number of aromatic nitrogens is 1. The highest BCUT2D eigenvalue weighted by molar-refractivity contribution is 9.10. The number of hydrogen-bond donors (Lipinski definition) is 2. The van der Waals surface area contributed by atoms with Crippen LogP contribution in [0.15, 0.2) is 41.0 Å². The highest BCUT2D eigenvalue weighted by Gasteiger charge is 2.21. The SMILES string of the molecule is COc1ccc(C(=O)NC(CC(=O)O)c2ccccc2C)nc1Br. The summed E-state index contributed by atoms with van der Waals surface area (Å²) in [5, 5.41) is 11.9. The molecular formula is C17H17BrN2O4. The third-order valence-electron chi connectivity index (χ3n) is 3.52. The summed E-state index contributed by atoms with van der Waals surface area (Å²) in [6.07, 6.45) is -0.214. The number of nitrogens with zero attached hydrogens (tertiary/aromatic N) is 1. The van der Waals surface area contributed by atoms with Crippen LogP contribution in [0.4, 0.5) is 0 Å². The minimum atomic E-state index is -0.993. The van der Waals surface area contributed by atoms with Gasteiger partial charge >= 0.3 is 5.97 Å². The van der Waals surface area contributed by atoms with Crippen LogP contribution in [0.25, 0.3) is 0 Å². The van der Waals surface area contributed by atoms with Gasteiger partial charge in [0.05, 0.1) is 19.6 Å². The van der Waals surface area contributed by atoms with Crippen molar-refractivity contribution >= 4 is 27.8 Å². The third-order valence-corrected chi connectivity index (χ3v) is 4.08. The van der Waals surface area contributed by atoms with Gasteiger partial charge < -0.3 is 15.2 Å². The number of pyridine rings is 1. The van der Waals surface area contributed by atoms with E-state index in [0.717, 1.165) is 11.1 Å². The Kier molecular flexibility index (Phi) is 5.92. The summed E-state index contributed by atoms with van der Waals surface area (Å²) >= 11 is 3.23. The molecule has 0 spiro atoms. The summed E-state index contributed by atoms with van der Waals surface area (Å²) in [6, 6.07) is 9.85. The lowest BCUT2D eigenvalue weighted by Crippen LogP contribution is -2.31. The van der Waals surface area contributed by atoms with Gasteiger partial charge in [0, 0.05) is 0 Å². The van der Waals surface area contributed by atoms with E-state index in [2.05, 4.69) is 26.2 Å². The van der Waals surface area contributed by atoms with Crippen LogP contribution >= 0.6 is 15.9 Å². The standard InChI is InChI=1S/C17H17BrN2O4/c1-10-5-3-4-6-11(10)13(9-15(21)22)20-17(23)12-7-8-14(24-2)16(18)19-12/h3-8,13H,9H2,1-2H3,(H,20,23)(H,21,22). The van der Waals surface area contributed by atoms with Gasteiger partial charge in [-0.2, -0.15) is 0 Å². The van der Waals surface area contributed by atoms with Crippen LogP contribution in [0.3, 0.4) is 0 Å². The second-order valence-electron chi connectivity index (χ2n) is 5.17. The van der Waals surface area contributed by atoms with Crippen LogP contribution in [0, 0.1) is 6.92 Å². The van der Waals surface area contributed by atoms with E-state index < -0.39 is 17.9 Å². The number of carbonyl (C=O) groups excluding carboxylic acids is 1. The lowest BCUT2D eigenvalue weighted by atomic mass is 9.98. The van der Waals surface area contributed by atoms with Crippen LogP contribution in [0.1, 0.15) is 34.1 Å². The van der Waals surface area contributed by atoms with Crippen molar-refractivity contribution in [2.75, 3.05) is 7.11 Å². The van der Waals surface area contributed by atoms with E-state index in [4.69, 9.17) is 9.84 Å². The first kappa shape index (κ1) is 17.9. The lowest BCUT2D eigenvalue weighted by molar-refractivity contribution is -0.137. The van der Waals surface area contributed by atoms with Gasteiger partial charge in [0.1, 0.15) is 10.3 Å². The van der Waals surface area contributed by atoms with Crippen LogP contribution in [0.5, 0.6) is 5.75 Å². The first-order chi connectivity index (χ1) is 11.4. The van der Waals surface area contributed by atoms with Crippen molar-refractivity contribution < 1.29 is 19.4 Å². The Morgan fingerprint density at radius 3 is 2.58 bits per heavy atom. The molecule has 0 radical (unpaired) electrons. The summed E-state index contributed by atoms with van der Waals surface area (Å²) in [7, 11) is 1.50. The molecule has 0 bridgehead atoms. The molecule has 0 aliphatic rings. The first-order valence-corrected chi connectivity index (χ1v) is 8.00. The van der Waals surface area contributed by atoms with Crippen molar-refractivity contribution in [2.24, 2.45) is 0 Å². The number of aliphatic carboxylic acids is 1. The molecule has 126 valence electrons. The van der Waals surface area contributed by atoms with Gasteiger partial charge in [-0.05, 0) is 46.1 Å². The molecule has 2 aromatic rings. The maximum atomic E-state index is 12.4. The van der Waals surface area contributed by atoms with Crippen molar-refractivity contribution in [1.29, 1.82) is 0 Å². The van der Waals surface area contributed by atoms with E-state index in [9.17, 15) is 9.59 Å². The van der Waals surface area contributed by atoms with Gasteiger partial charge in [-0.15, -0.1) is 0 Å². The molecule has 0 saturated carbocycles. The largest absolute Gasteiger partial charge is 0.494 e. The zero-order valence-corrected chi connectivity index (χ0v) is 14.8. The van der Waals surface area contributed by atoms with Crippen molar-refractivity contribution in [3.8, 4) is 5.75 Å². The Hall–Kier alpha value is -2.41. The highest BCUT2D eigenvalue weighted by atomic mass is 79.9. The molecule has 0 aliphatic carbocycles. The number of nitrogens with one attached hydrogen (secondary N) is 1. The fourth-order valence-electron chi connectivity index (χ4n) is 2.32. The minimum absolute atomic E-state index is 0.173. The van der Waals surface area contributed by atoms with E-state index >= 15 is 0 Å². The van der Waals surface area contributed by atoms with E-state index in [0.29, 0.717) is 10.4 Å². The molecule has 0 saturated heterocycles. The Labute approximate surface area is 148 Å². The number of hydrogen-bond acceptors (Lipinski definition) is 4. The Morgan fingerprint density at radius 1 is 1.29 bits per heavy atom. The van der Waals surface area contributed by atoms with Gasteiger partial charge in [-0.1, -0.05) is 24.3 Å². The minimum Gasteiger partial charge on any atom is -0.494 e. The number of halogens is 1. The molecule has 0 aliphatic heterocycles. The molecule has 1 heterocycles. The van der Waals surface area contributed by atoms with Crippen LogP contribution < -0.4 is 10.1 Å². The monoisotopic (exact) mass is 392 g/mol. The molecule has 1 aromatic carbocycles. The predicted molar refractivity (Wildman–Crippen MR) is 92.1 cm³/mol. The molecule has 1 aromatic heterocycles. The average molecular weight is 393 g/mol. The summed E-state index contributed by atoms with van der Waals surface area (Å²) < 4.78 is 5.49. The van der Waals surface area contributed by atoms with Gasteiger partial charge in [0.2, 0.25) is 0 Å². The Bertz CT molecular complexity index is 764. The molecule has 2 rings (SSSR count). The van der Waals surface area contributed by atoms with Crippen molar-refractivity contribution in [1.82, 2.24) is 10.3 Å². The molecule has 2 N–H and O–H groups in total. The summed E-state index contributed by atoms with van der Waals surface area (Å²) in [5.74, 6) is -0.937. The molecular weight excluding hydrogens is 376 g/mol. The summed E-state index contributed by atoms with van der Waals surface area (Å²) in [5.41, 5.74) is 1.85. The van der Waals surface area contributed by atoms with E-state index in [1.165, 1.54) is 13.2 Å². The average Bonchev–Trinajstić information content (AvgIpc) is 2.54. The Balaban J connectivity index is 2.26. The molecule has 0 fully saturated rings. The third kappa shape index (κ3) is 4.32. The van der Waals surface area contributed by atoms with Crippen molar-refractivity contribution in [3.63, 3.8) is 0 Å². The number of aryl methyl sites for hydroxylation is 1. The highest BCUT2D eigenvalue weighted by Crippen LogP contribution is 2.24. The van der Waals surface area contributed by atoms with Gasteiger partial charge in [0.15, 0.2) is 5.75 Å².